The fraction of sp³-hybridized carbons (Fsp3) is 0.381. The molecule has 0 radical (unpaired) electrons. The Balaban J connectivity index is 2.88. The standard InChI is InChI=1S/C21H22F3NO6/c1-4-30-19(28)16-11(3)25-14(10-15(26)27)18(20(29)31-5-2)17(16)12-8-6-7-9-13(12)21(22,23)24/h6-9,17,25H,4-5,10H2,1-3H3,(H,26,27). The Bertz CT molecular complexity index is 949. The van der Waals surface area contributed by atoms with Gasteiger partial charge in [0.05, 0.1) is 42.3 Å². The van der Waals surface area contributed by atoms with Gasteiger partial charge in [-0.3, -0.25) is 4.79 Å². The second-order valence-corrected chi connectivity index (χ2v) is 6.59. The topological polar surface area (TPSA) is 102 Å². The number of nitrogens with one attached hydrogen (secondary N) is 1. The molecule has 1 aliphatic rings. The second kappa shape index (κ2) is 9.67. The molecule has 1 aromatic carbocycles. The molecule has 1 heterocycles. The molecule has 0 saturated heterocycles. The zero-order valence-electron chi connectivity index (χ0n) is 17.1. The van der Waals surface area contributed by atoms with Crippen molar-refractivity contribution < 1.29 is 42.1 Å². The first-order valence-corrected chi connectivity index (χ1v) is 9.45. The van der Waals surface area contributed by atoms with E-state index in [4.69, 9.17) is 9.47 Å². The average Bonchev–Trinajstić information content (AvgIpc) is 2.66. The molecule has 1 unspecified atom stereocenters. The number of hydrogen-bond donors (Lipinski definition) is 2. The van der Waals surface area contributed by atoms with Gasteiger partial charge in [-0.25, -0.2) is 9.59 Å². The number of carboxylic acids is 1. The van der Waals surface area contributed by atoms with Gasteiger partial charge in [-0.2, -0.15) is 13.2 Å². The largest absolute Gasteiger partial charge is 0.481 e. The first kappa shape index (κ1) is 24.0. The molecular formula is C21H22F3NO6. The van der Waals surface area contributed by atoms with Gasteiger partial charge in [-0.15, -0.1) is 0 Å². The van der Waals surface area contributed by atoms with E-state index in [1.165, 1.54) is 32.9 Å². The van der Waals surface area contributed by atoms with E-state index < -0.39 is 42.0 Å². The molecule has 1 aliphatic heterocycles. The maximum absolute atomic E-state index is 13.8. The SMILES string of the molecule is CCOC(=O)C1=C(C)NC(CC(=O)O)=C(C(=O)OCC)C1c1ccccc1C(F)(F)F. The number of aliphatic carboxylic acids is 1. The van der Waals surface area contributed by atoms with Crippen molar-refractivity contribution in [3.05, 3.63) is 57.9 Å². The third-order valence-corrected chi connectivity index (χ3v) is 4.54. The highest BCUT2D eigenvalue weighted by Crippen LogP contribution is 2.44. The Labute approximate surface area is 176 Å². The van der Waals surface area contributed by atoms with Gasteiger partial charge in [0.15, 0.2) is 0 Å². The quantitative estimate of drug-likeness (QED) is 0.624. The number of allylic oxidation sites excluding steroid dienone is 1. The number of halogens is 3. The summed E-state index contributed by atoms with van der Waals surface area (Å²) in [5, 5.41) is 11.9. The van der Waals surface area contributed by atoms with Crippen molar-refractivity contribution in [3.63, 3.8) is 0 Å². The molecule has 7 nitrogen and oxygen atoms in total. The second-order valence-electron chi connectivity index (χ2n) is 6.59. The molecule has 0 saturated carbocycles. The van der Waals surface area contributed by atoms with Crippen LogP contribution in [0.4, 0.5) is 13.2 Å². The first-order valence-electron chi connectivity index (χ1n) is 9.45. The van der Waals surface area contributed by atoms with E-state index in [2.05, 4.69) is 5.32 Å². The molecule has 2 N–H and O–H groups in total. The van der Waals surface area contributed by atoms with E-state index in [9.17, 15) is 32.7 Å². The zero-order chi connectivity index (χ0) is 23.3. The molecule has 0 bridgehead atoms. The summed E-state index contributed by atoms with van der Waals surface area (Å²) in [6, 6.07) is 4.49. The summed E-state index contributed by atoms with van der Waals surface area (Å²) in [6.45, 7) is 4.27. The van der Waals surface area contributed by atoms with E-state index in [0.717, 1.165) is 12.1 Å². The van der Waals surface area contributed by atoms with Crippen molar-refractivity contribution in [1.29, 1.82) is 0 Å². The molecule has 2 rings (SSSR count). The maximum atomic E-state index is 13.8. The number of benzene rings is 1. The predicted octanol–water partition coefficient (Wildman–Crippen LogP) is 3.52. The van der Waals surface area contributed by atoms with Gasteiger partial charge < -0.3 is 19.9 Å². The summed E-state index contributed by atoms with van der Waals surface area (Å²) >= 11 is 0. The van der Waals surface area contributed by atoms with Crippen LogP contribution in [0.1, 0.15) is 44.2 Å². The predicted molar refractivity (Wildman–Crippen MR) is 103 cm³/mol. The minimum absolute atomic E-state index is 0.0519. The van der Waals surface area contributed by atoms with Crippen molar-refractivity contribution in [2.24, 2.45) is 0 Å². The lowest BCUT2D eigenvalue weighted by Crippen LogP contribution is -2.35. The number of rotatable bonds is 7. The number of carbonyl (C=O) groups excluding carboxylic acids is 2. The highest BCUT2D eigenvalue weighted by Gasteiger charge is 2.43. The fourth-order valence-electron chi connectivity index (χ4n) is 3.43. The Morgan fingerprint density at radius 1 is 1.03 bits per heavy atom. The summed E-state index contributed by atoms with van der Waals surface area (Å²) in [7, 11) is 0. The van der Waals surface area contributed by atoms with Crippen LogP contribution in [0.5, 0.6) is 0 Å². The minimum Gasteiger partial charge on any atom is -0.481 e. The molecule has 10 heteroatoms. The van der Waals surface area contributed by atoms with Gasteiger partial charge >= 0.3 is 24.1 Å². The molecule has 0 fully saturated rings. The lowest BCUT2D eigenvalue weighted by Gasteiger charge is -2.32. The Morgan fingerprint density at radius 2 is 1.58 bits per heavy atom. The Morgan fingerprint density at radius 3 is 2.10 bits per heavy atom. The van der Waals surface area contributed by atoms with Crippen molar-refractivity contribution in [1.82, 2.24) is 5.32 Å². The number of hydrogen-bond acceptors (Lipinski definition) is 6. The monoisotopic (exact) mass is 441 g/mol. The maximum Gasteiger partial charge on any atom is 0.416 e. The van der Waals surface area contributed by atoms with Crippen LogP contribution in [-0.2, 0) is 30.0 Å². The molecule has 1 aromatic rings. The van der Waals surface area contributed by atoms with Gasteiger partial charge in [-0.1, -0.05) is 18.2 Å². The zero-order valence-corrected chi connectivity index (χ0v) is 17.1. The number of dihydropyridines is 1. The Hall–Kier alpha value is -3.30. The van der Waals surface area contributed by atoms with E-state index in [1.807, 2.05) is 0 Å². The molecular weight excluding hydrogens is 419 g/mol. The molecule has 0 aliphatic carbocycles. The lowest BCUT2D eigenvalue weighted by molar-refractivity contribution is -0.142. The van der Waals surface area contributed by atoms with Crippen molar-refractivity contribution in [2.45, 2.75) is 39.3 Å². The molecule has 31 heavy (non-hydrogen) atoms. The van der Waals surface area contributed by atoms with Crippen LogP contribution < -0.4 is 5.32 Å². The van der Waals surface area contributed by atoms with Crippen LogP contribution in [0.2, 0.25) is 0 Å². The van der Waals surface area contributed by atoms with Gasteiger partial charge in [0.25, 0.3) is 0 Å². The highest BCUT2D eigenvalue weighted by atomic mass is 19.4. The fourth-order valence-corrected chi connectivity index (χ4v) is 3.43. The van der Waals surface area contributed by atoms with Crippen LogP contribution >= 0.6 is 0 Å². The van der Waals surface area contributed by atoms with Gasteiger partial charge in [0, 0.05) is 11.4 Å². The number of ether oxygens (including phenoxy) is 2. The highest BCUT2D eigenvalue weighted by molar-refractivity contribution is 6.00. The van der Waals surface area contributed by atoms with Crippen molar-refractivity contribution in [3.8, 4) is 0 Å². The van der Waals surface area contributed by atoms with Gasteiger partial charge in [0.1, 0.15) is 0 Å². The smallest absolute Gasteiger partial charge is 0.416 e. The third-order valence-electron chi connectivity index (χ3n) is 4.54. The minimum atomic E-state index is -4.79. The molecule has 1 atom stereocenters. The van der Waals surface area contributed by atoms with Crippen LogP contribution in [0.3, 0.4) is 0 Å². The summed E-state index contributed by atoms with van der Waals surface area (Å²) in [5.74, 6) is -4.81. The summed E-state index contributed by atoms with van der Waals surface area (Å²) in [4.78, 5) is 36.9. The van der Waals surface area contributed by atoms with Crippen LogP contribution in [0.25, 0.3) is 0 Å². The number of esters is 2. The molecule has 0 spiro atoms. The number of carbonyl (C=O) groups is 3. The summed E-state index contributed by atoms with van der Waals surface area (Å²) in [6.07, 6.45) is -5.48. The molecule has 0 amide bonds. The van der Waals surface area contributed by atoms with Crippen LogP contribution in [0, 0.1) is 0 Å². The van der Waals surface area contributed by atoms with Gasteiger partial charge in [0.2, 0.25) is 0 Å². The van der Waals surface area contributed by atoms with Crippen LogP contribution in [-0.4, -0.2) is 36.2 Å². The van der Waals surface area contributed by atoms with Crippen molar-refractivity contribution >= 4 is 17.9 Å². The Kier molecular flexibility index (Phi) is 7.48. The first-order chi connectivity index (χ1) is 14.5. The van der Waals surface area contributed by atoms with E-state index in [-0.39, 0.29) is 41.3 Å². The third kappa shape index (κ3) is 5.25. The summed E-state index contributed by atoms with van der Waals surface area (Å²) < 4.78 is 51.4. The van der Waals surface area contributed by atoms with E-state index in [1.54, 1.807) is 0 Å². The normalized spacial score (nSPS) is 16.6. The lowest BCUT2D eigenvalue weighted by atomic mass is 9.78. The molecule has 168 valence electrons. The molecule has 0 aromatic heterocycles. The summed E-state index contributed by atoms with van der Waals surface area (Å²) in [5.41, 5.74) is -2.12. The van der Waals surface area contributed by atoms with Crippen LogP contribution in [0.15, 0.2) is 46.8 Å². The van der Waals surface area contributed by atoms with Crippen molar-refractivity contribution in [2.75, 3.05) is 13.2 Å². The van der Waals surface area contributed by atoms with E-state index in [0.29, 0.717) is 0 Å². The number of alkyl halides is 3. The van der Waals surface area contributed by atoms with Gasteiger partial charge in [-0.05, 0) is 32.4 Å². The number of carboxylic acid groups (broad SMARTS) is 1. The average molecular weight is 441 g/mol. The van der Waals surface area contributed by atoms with E-state index >= 15 is 0 Å².